The third kappa shape index (κ3) is 3.38. The zero-order chi connectivity index (χ0) is 13.2. The molecule has 1 aromatic carbocycles. The zero-order valence-electron chi connectivity index (χ0n) is 10.2. The number of hydrogen-bond donors (Lipinski definition) is 0. The second-order valence-electron chi connectivity index (χ2n) is 4.67. The van der Waals surface area contributed by atoms with Crippen LogP contribution in [0.3, 0.4) is 0 Å². The van der Waals surface area contributed by atoms with Crippen LogP contribution in [0.15, 0.2) is 24.3 Å². The SMILES string of the molecule is CN1CCC[C@@H](Oc2cccc(C(F)(F)F)c2)C1. The van der Waals surface area contributed by atoms with Gasteiger partial charge in [0.2, 0.25) is 0 Å². The summed E-state index contributed by atoms with van der Waals surface area (Å²) in [6, 6.07) is 5.07. The van der Waals surface area contributed by atoms with Crippen LogP contribution in [0.25, 0.3) is 0 Å². The molecule has 1 aliphatic heterocycles. The zero-order valence-corrected chi connectivity index (χ0v) is 10.2. The first kappa shape index (κ1) is 13.2. The molecule has 0 radical (unpaired) electrons. The first-order valence-electron chi connectivity index (χ1n) is 5.97. The fraction of sp³-hybridized carbons (Fsp3) is 0.538. The van der Waals surface area contributed by atoms with Crippen LogP contribution >= 0.6 is 0 Å². The molecule has 0 N–H and O–H groups in total. The Morgan fingerprint density at radius 3 is 2.78 bits per heavy atom. The Hall–Kier alpha value is -1.23. The molecule has 18 heavy (non-hydrogen) atoms. The molecule has 1 heterocycles. The average molecular weight is 259 g/mol. The Morgan fingerprint density at radius 2 is 2.11 bits per heavy atom. The molecular formula is C13H16F3NO. The molecule has 5 heteroatoms. The highest BCUT2D eigenvalue weighted by molar-refractivity contribution is 5.30. The molecule has 0 aromatic heterocycles. The Bertz CT molecular complexity index is 405. The van der Waals surface area contributed by atoms with Crippen molar-refractivity contribution in [3.63, 3.8) is 0 Å². The van der Waals surface area contributed by atoms with E-state index in [2.05, 4.69) is 4.90 Å². The van der Waals surface area contributed by atoms with Gasteiger partial charge < -0.3 is 9.64 Å². The number of benzene rings is 1. The summed E-state index contributed by atoms with van der Waals surface area (Å²) in [4.78, 5) is 2.13. The Kier molecular flexibility index (Phi) is 3.80. The number of piperidine rings is 1. The van der Waals surface area contributed by atoms with Crippen molar-refractivity contribution < 1.29 is 17.9 Å². The van der Waals surface area contributed by atoms with Gasteiger partial charge >= 0.3 is 6.18 Å². The second-order valence-corrected chi connectivity index (χ2v) is 4.67. The molecule has 2 rings (SSSR count). The number of likely N-dealkylation sites (N-methyl/N-ethyl adjacent to an activating group) is 1. The topological polar surface area (TPSA) is 12.5 Å². The van der Waals surface area contributed by atoms with Crippen molar-refractivity contribution in [2.45, 2.75) is 25.1 Å². The summed E-state index contributed by atoms with van der Waals surface area (Å²) in [5, 5.41) is 0. The van der Waals surface area contributed by atoms with Crippen molar-refractivity contribution in [3.05, 3.63) is 29.8 Å². The van der Waals surface area contributed by atoms with E-state index in [9.17, 15) is 13.2 Å². The molecule has 1 atom stereocenters. The Morgan fingerprint density at radius 1 is 1.33 bits per heavy atom. The molecule has 0 amide bonds. The molecule has 2 nitrogen and oxygen atoms in total. The monoisotopic (exact) mass is 259 g/mol. The molecule has 1 aromatic rings. The highest BCUT2D eigenvalue weighted by atomic mass is 19.4. The van der Waals surface area contributed by atoms with Crippen LogP contribution < -0.4 is 4.74 Å². The third-order valence-corrected chi connectivity index (χ3v) is 3.05. The maximum atomic E-state index is 12.5. The quantitative estimate of drug-likeness (QED) is 0.808. The lowest BCUT2D eigenvalue weighted by molar-refractivity contribution is -0.137. The standard InChI is InChI=1S/C13H16F3NO/c1-17-7-3-6-12(9-17)18-11-5-2-4-10(8-11)13(14,15)16/h2,4-5,8,12H,3,6-7,9H2,1H3/t12-/m1/s1. The summed E-state index contributed by atoms with van der Waals surface area (Å²) in [6.07, 6.45) is -2.43. The molecule has 0 saturated carbocycles. The lowest BCUT2D eigenvalue weighted by atomic mass is 10.1. The lowest BCUT2D eigenvalue weighted by Crippen LogP contribution is -2.38. The molecule has 0 unspecified atom stereocenters. The highest BCUT2D eigenvalue weighted by Crippen LogP contribution is 2.31. The predicted molar refractivity (Wildman–Crippen MR) is 62.6 cm³/mol. The van der Waals surface area contributed by atoms with Gasteiger partial charge in [-0.3, -0.25) is 0 Å². The number of hydrogen-bond acceptors (Lipinski definition) is 2. The van der Waals surface area contributed by atoms with Crippen molar-refractivity contribution in [1.82, 2.24) is 4.90 Å². The van der Waals surface area contributed by atoms with E-state index < -0.39 is 11.7 Å². The third-order valence-electron chi connectivity index (χ3n) is 3.05. The largest absolute Gasteiger partial charge is 0.489 e. The predicted octanol–water partition coefficient (Wildman–Crippen LogP) is 3.18. The van der Waals surface area contributed by atoms with E-state index in [0.29, 0.717) is 5.75 Å². The summed E-state index contributed by atoms with van der Waals surface area (Å²) >= 11 is 0. The van der Waals surface area contributed by atoms with Gasteiger partial charge in [-0.1, -0.05) is 6.07 Å². The van der Waals surface area contributed by atoms with Crippen LogP contribution in [-0.2, 0) is 6.18 Å². The van der Waals surface area contributed by atoms with Gasteiger partial charge in [-0.2, -0.15) is 13.2 Å². The summed E-state index contributed by atoms with van der Waals surface area (Å²) in [5.74, 6) is 0.296. The van der Waals surface area contributed by atoms with Gasteiger partial charge in [0, 0.05) is 6.54 Å². The van der Waals surface area contributed by atoms with Crippen LogP contribution in [0.4, 0.5) is 13.2 Å². The minimum Gasteiger partial charge on any atom is -0.489 e. The Labute approximate surface area is 104 Å². The summed E-state index contributed by atoms with van der Waals surface area (Å²) in [7, 11) is 1.99. The first-order valence-corrected chi connectivity index (χ1v) is 5.97. The van der Waals surface area contributed by atoms with Gasteiger partial charge in [-0.05, 0) is 44.6 Å². The van der Waals surface area contributed by atoms with Crippen molar-refractivity contribution in [2.24, 2.45) is 0 Å². The van der Waals surface area contributed by atoms with Crippen molar-refractivity contribution in [3.8, 4) is 5.75 Å². The Balaban J connectivity index is 2.05. The van der Waals surface area contributed by atoms with Gasteiger partial charge in [-0.15, -0.1) is 0 Å². The van der Waals surface area contributed by atoms with E-state index in [1.807, 2.05) is 7.05 Å². The van der Waals surface area contributed by atoms with Gasteiger partial charge in [0.25, 0.3) is 0 Å². The molecular weight excluding hydrogens is 243 g/mol. The smallest absolute Gasteiger partial charge is 0.416 e. The fourth-order valence-corrected chi connectivity index (χ4v) is 2.15. The van der Waals surface area contributed by atoms with Crippen LogP contribution in [0, 0.1) is 0 Å². The van der Waals surface area contributed by atoms with Gasteiger partial charge in [0.15, 0.2) is 0 Å². The number of nitrogens with zero attached hydrogens (tertiary/aromatic N) is 1. The number of rotatable bonds is 2. The fourth-order valence-electron chi connectivity index (χ4n) is 2.15. The van der Waals surface area contributed by atoms with Crippen LogP contribution in [0.2, 0.25) is 0 Å². The molecule has 1 saturated heterocycles. The number of likely N-dealkylation sites (tertiary alicyclic amines) is 1. The van der Waals surface area contributed by atoms with Crippen molar-refractivity contribution in [1.29, 1.82) is 0 Å². The minimum absolute atomic E-state index is 0.0211. The van der Waals surface area contributed by atoms with Crippen LogP contribution in [0.5, 0.6) is 5.75 Å². The summed E-state index contributed by atoms with van der Waals surface area (Å²) in [6.45, 7) is 1.78. The van der Waals surface area contributed by atoms with E-state index in [-0.39, 0.29) is 6.10 Å². The average Bonchev–Trinajstić information content (AvgIpc) is 2.28. The van der Waals surface area contributed by atoms with Gasteiger partial charge in [-0.25, -0.2) is 0 Å². The second kappa shape index (κ2) is 5.18. The normalized spacial score (nSPS) is 21.9. The van der Waals surface area contributed by atoms with E-state index >= 15 is 0 Å². The molecule has 1 fully saturated rings. The summed E-state index contributed by atoms with van der Waals surface area (Å²) < 4.78 is 43.3. The van der Waals surface area contributed by atoms with Gasteiger partial charge in [0.1, 0.15) is 11.9 Å². The first-order chi connectivity index (χ1) is 8.45. The lowest BCUT2D eigenvalue weighted by Gasteiger charge is -2.30. The molecule has 0 bridgehead atoms. The minimum atomic E-state index is -4.32. The number of halogens is 3. The van der Waals surface area contributed by atoms with E-state index in [1.165, 1.54) is 6.07 Å². The summed E-state index contributed by atoms with van der Waals surface area (Å²) in [5.41, 5.74) is -0.663. The van der Waals surface area contributed by atoms with Crippen LogP contribution in [-0.4, -0.2) is 31.1 Å². The van der Waals surface area contributed by atoms with Crippen LogP contribution in [0.1, 0.15) is 18.4 Å². The number of alkyl halides is 3. The van der Waals surface area contributed by atoms with Gasteiger partial charge in [0.05, 0.1) is 5.56 Å². The maximum absolute atomic E-state index is 12.5. The van der Waals surface area contributed by atoms with Crippen molar-refractivity contribution in [2.75, 3.05) is 20.1 Å². The number of ether oxygens (including phenoxy) is 1. The molecule has 100 valence electrons. The van der Waals surface area contributed by atoms with E-state index in [1.54, 1.807) is 6.07 Å². The van der Waals surface area contributed by atoms with E-state index in [0.717, 1.165) is 38.1 Å². The van der Waals surface area contributed by atoms with Crippen molar-refractivity contribution >= 4 is 0 Å². The maximum Gasteiger partial charge on any atom is 0.416 e. The molecule has 1 aliphatic rings. The van der Waals surface area contributed by atoms with E-state index in [4.69, 9.17) is 4.74 Å². The molecule has 0 aliphatic carbocycles. The highest BCUT2D eigenvalue weighted by Gasteiger charge is 2.31. The molecule has 0 spiro atoms.